The van der Waals surface area contributed by atoms with Crippen molar-refractivity contribution in [3.05, 3.63) is 11.1 Å². The van der Waals surface area contributed by atoms with Gasteiger partial charge in [-0.15, -0.1) is 0 Å². The smallest absolute Gasteiger partial charge is 0.332 e. The summed E-state index contributed by atoms with van der Waals surface area (Å²) in [6.07, 6.45) is 1.35. The Hall–Kier alpha value is -1.32. The average molecular weight is 284 g/mol. The van der Waals surface area contributed by atoms with E-state index >= 15 is 0 Å². The number of rotatable bonds is 8. The molecule has 2 unspecified atom stereocenters. The number of hydrogen-bond donors (Lipinski definition) is 2. The quantitative estimate of drug-likeness (QED) is 0.664. The van der Waals surface area contributed by atoms with E-state index in [9.17, 15) is 19.8 Å². The molecule has 0 rings (SSSR count). The van der Waals surface area contributed by atoms with Gasteiger partial charge in [0.15, 0.2) is 0 Å². The van der Waals surface area contributed by atoms with Gasteiger partial charge in [0.2, 0.25) is 0 Å². The van der Waals surface area contributed by atoms with Gasteiger partial charge in [0.25, 0.3) is 0 Å². The van der Waals surface area contributed by atoms with Crippen molar-refractivity contribution in [2.75, 3.05) is 0 Å². The highest BCUT2D eigenvalue weighted by Gasteiger charge is 2.29. The maximum absolute atomic E-state index is 11.5. The molecular weight excluding hydrogens is 256 g/mol. The second-order valence-corrected chi connectivity index (χ2v) is 6.50. The first kappa shape index (κ1) is 18.7. The molecular formula is C16H28O4. The molecule has 116 valence electrons. The molecule has 0 aliphatic heterocycles. The van der Waals surface area contributed by atoms with Crippen LogP contribution in [0.15, 0.2) is 11.1 Å². The van der Waals surface area contributed by atoms with E-state index in [1.807, 2.05) is 27.7 Å². The lowest BCUT2D eigenvalue weighted by Gasteiger charge is -2.22. The molecule has 0 amide bonds. The first-order valence-electron chi connectivity index (χ1n) is 7.28. The van der Waals surface area contributed by atoms with Gasteiger partial charge in [-0.2, -0.15) is 0 Å². The molecule has 0 spiro atoms. The van der Waals surface area contributed by atoms with Crippen LogP contribution in [-0.2, 0) is 9.59 Å². The van der Waals surface area contributed by atoms with Gasteiger partial charge in [-0.05, 0) is 36.5 Å². The topological polar surface area (TPSA) is 74.6 Å². The van der Waals surface area contributed by atoms with Crippen LogP contribution in [-0.4, -0.2) is 22.2 Å². The van der Waals surface area contributed by atoms with Crippen molar-refractivity contribution in [3.63, 3.8) is 0 Å². The van der Waals surface area contributed by atoms with E-state index in [0.717, 1.165) is 0 Å². The molecule has 0 aromatic heterocycles. The Bertz CT molecular complexity index is 344. The molecule has 4 heteroatoms. The van der Waals surface area contributed by atoms with Crippen molar-refractivity contribution in [2.45, 2.75) is 54.4 Å². The van der Waals surface area contributed by atoms with Gasteiger partial charge in [0.05, 0.1) is 11.1 Å². The maximum atomic E-state index is 11.5. The van der Waals surface area contributed by atoms with Crippen LogP contribution < -0.4 is 0 Å². The minimum atomic E-state index is -1.11. The van der Waals surface area contributed by atoms with Crippen LogP contribution in [0.25, 0.3) is 0 Å². The molecule has 2 N–H and O–H groups in total. The van der Waals surface area contributed by atoms with Crippen LogP contribution in [0.3, 0.4) is 0 Å². The lowest BCUT2D eigenvalue weighted by atomic mass is 9.82. The largest absolute Gasteiger partial charge is 0.478 e. The summed E-state index contributed by atoms with van der Waals surface area (Å²) in [6.45, 7) is 11.6. The Morgan fingerprint density at radius 3 is 1.10 bits per heavy atom. The molecule has 0 aliphatic carbocycles. The number of hydrogen-bond acceptors (Lipinski definition) is 2. The highest BCUT2D eigenvalue weighted by Crippen LogP contribution is 2.29. The molecule has 0 heterocycles. The van der Waals surface area contributed by atoms with Crippen molar-refractivity contribution in [2.24, 2.45) is 23.7 Å². The zero-order valence-corrected chi connectivity index (χ0v) is 13.4. The van der Waals surface area contributed by atoms with Gasteiger partial charge in [0, 0.05) is 0 Å². The summed E-state index contributed by atoms with van der Waals surface area (Å²) < 4.78 is 0. The highest BCUT2D eigenvalue weighted by atomic mass is 16.4. The Morgan fingerprint density at radius 1 is 0.700 bits per heavy atom. The van der Waals surface area contributed by atoms with Crippen LogP contribution in [0.1, 0.15) is 54.4 Å². The third-order valence-corrected chi connectivity index (χ3v) is 3.39. The van der Waals surface area contributed by atoms with Crippen molar-refractivity contribution in [1.82, 2.24) is 0 Å². The summed E-state index contributed by atoms with van der Waals surface area (Å²) in [4.78, 5) is 23.1. The minimum Gasteiger partial charge on any atom is -0.478 e. The molecule has 0 aromatic carbocycles. The summed E-state index contributed by atoms with van der Waals surface area (Å²) in [5.74, 6) is -2.07. The second-order valence-electron chi connectivity index (χ2n) is 6.50. The number of carboxylic acid groups (broad SMARTS) is 2. The third-order valence-electron chi connectivity index (χ3n) is 3.39. The van der Waals surface area contributed by atoms with Gasteiger partial charge in [-0.25, -0.2) is 9.59 Å². The lowest BCUT2D eigenvalue weighted by Crippen LogP contribution is -2.23. The van der Waals surface area contributed by atoms with Crippen LogP contribution in [0.2, 0.25) is 0 Å². The zero-order chi connectivity index (χ0) is 16.0. The van der Waals surface area contributed by atoms with Crippen molar-refractivity contribution >= 4 is 11.9 Å². The van der Waals surface area contributed by atoms with E-state index in [1.165, 1.54) is 0 Å². The predicted octanol–water partition coefficient (Wildman–Crippen LogP) is 3.82. The van der Waals surface area contributed by atoms with Crippen LogP contribution in [0.4, 0.5) is 0 Å². The predicted molar refractivity (Wildman–Crippen MR) is 79.5 cm³/mol. The first-order valence-corrected chi connectivity index (χ1v) is 7.28. The van der Waals surface area contributed by atoms with Crippen molar-refractivity contribution in [1.29, 1.82) is 0 Å². The van der Waals surface area contributed by atoms with Gasteiger partial charge < -0.3 is 10.2 Å². The summed E-state index contributed by atoms with van der Waals surface area (Å²) in [5.41, 5.74) is 0.138. The van der Waals surface area contributed by atoms with Gasteiger partial charge in [-0.3, -0.25) is 0 Å². The molecule has 0 fully saturated rings. The fourth-order valence-electron chi connectivity index (χ4n) is 2.83. The molecule has 0 aromatic rings. The van der Waals surface area contributed by atoms with Gasteiger partial charge in [0.1, 0.15) is 0 Å². The third kappa shape index (κ3) is 5.76. The fraction of sp³-hybridized carbons (Fsp3) is 0.750. The molecule has 2 atom stereocenters. The van der Waals surface area contributed by atoms with Crippen LogP contribution in [0.5, 0.6) is 0 Å². The summed E-state index contributed by atoms with van der Waals surface area (Å²) >= 11 is 0. The Morgan fingerprint density at radius 2 is 0.950 bits per heavy atom. The molecule has 20 heavy (non-hydrogen) atoms. The zero-order valence-electron chi connectivity index (χ0n) is 13.4. The van der Waals surface area contributed by atoms with E-state index in [1.54, 1.807) is 13.8 Å². The summed E-state index contributed by atoms with van der Waals surface area (Å²) in [6, 6.07) is 0. The normalized spacial score (nSPS) is 16.0. The first-order chi connectivity index (χ1) is 9.07. The van der Waals surface area contributed by atoms with Crippen LogP contribution >= 0.6 is 0 Å². The monoisotopic (exact) mass is 284 g/mol. The number of aliphatic carboxylic acids is 2. The lowest BCUT2D eigenvalue weighted by molar-refractivity contribution is -0.137. The summed E-state index contributed by atoms with van der Waals surface area (Å²) in [7, 11) is 0. The van der Waals surface area contributed by atoms with Crippen molar-refractivity contribution < 1.29 is 19.8 Å². The molecule has 0 saturated carbocycles. The summed E-state index contributed by atoms with van der Waals surface area (Å²) in [5, 5.41) is 18.9. The minimum absolute atomic E-state index is 0.0688. The Labute approximate surface area is 121 Å². The Balaban J connectivity index is 5.67. The van der Waals surface area contributed by atoms with Crippen LogP contribution in [0, 0.1) is 23.7 Å². The molecule has 0 saturated heterocycles. The van der Waals surface area contributed by atoms with E-state index in [0.29, 0.717) is 24.7 Å². The van der Waals surface area contributed by atoms with Crippen molar-refractivity contribution in [3.8, 4) is 0 Å². The average Bonchev–Trinajstić information content (AvgIpc) is 2.21. The van der Waals surface area contributed by atoms with Gasteiger partial charge in [-0.1, -0.05) is 41.5 Å². The van der Waals surface area contributed by atoms with E-state index in [-0.39, 0.29) is 23.0 Å². The Kier molecular flexibility index (Phi) is 7.54. The molecule has 0 bridgehead atoms. The highest BCUT2D eigenvalue weighted by molar-refractivity contribution is 5.99. The number of carboxylic acids is 2. The fourth-order valence-corrected chi connectivity index (χ4v) is 2.83. The van der Waals surface area contributed by atoms with Gasteiger partial charge >= 0.3 is 11.9 Å². The second kappa shape index (κ2) is 8.08. The number of carbonyl (C=O) groups is 2. The van der Waals surface area contributed by atoms with E-state index in [4.69, 9.17) is 0 Å². The standard InChI is InChI=1S/C16H28O4/c1-9(2)7-11(5)13(15(17)18)14(16(19)20)12(6)8-10(3)4/h9-12H,7-8H2,1-6H3,(H,17,18)(H,19,20)/b14-13-. The molecule has 4 nitrogen and oxygen atoms in total. The van der Waals surface area contributed by atoms with E-state index in [2.05, 4.69) is 0 Å². The molecule has 0 aliphatic rings. The SMILES string of the molecule is CC(C)CC(C)/C(C(=O)O)=C(/C(=O)O)C(C)CC(C)C. The maximum Gasteiger partial charge on any atom is 0.332 e. The van der Waals surface area contributed by atoms with E-state index < -0.39 is 11.9 Å². The molecule has 0 radical (unpaired) electrons.